The summed E-state index contributed by atoms with van der Waals surface area (Å²) in [4.78, 5) is 0. The van der Waals surface area contributed by atoms with Crippen molar-refractivity contribution >= 4 is 0 Å². The maximum absolute atomic E-state index is 12.9. The predicted octanol–water partition coefficient (Wildman–Crippen LogP) is 3.52. The van der Waals surface area contributed by atoms with Crippen molar-refractivity contribution < 1.29 is 23.0 Å². The topological polar surface area (TPSA) is 53.2 Å². The van der Waals surface area contributed by atoms with E-state index in [0.717, 1.165) is 6.07 Å². The van der Waals surface area contributed by atoms with Gasteiger partial charge in [-0.25, -0.2) is 0 Å². The Kier molecular flexibility index (Phi) is 5.01. The predicted molar refractivity (Wildman–Crippen MR) is 66.9 cm³/mol. The normalized spacial score (nSPS) is 12.1. The van der Waals surface area contributed by atoms with E-state index in [1.54, 1.807) is 13.8 Å². The summed E-state index contributed by atoms with van der Waals surface area (Å²) in [7, 11) is 0. The zero-order chi connectivity index (χ0) is 15.4. The van der Waals surface area contributed by atoms with Gasteiger partial charge in [-0.05, 0) is 38.0 Å². The molecular weight excluding hydrogens is 271 g/mol. The molecule has 0 radical (unpaired) electrons. The highest BCUT2D eigenvalue weighted by Crippen LogP contribution is 2.37. The Bertz CT molecular complexity index is 504. The minimum atomic E-state index is -4.55. The summed E-state index contributed by atoms with van der Waals surface area (Å²) in [5, 5.41) is 17.7. The standard InChI is InChI=1S/C14H16F3NO2/c1-13(2,9-18)5-6-20-12-4-3-10(8-19)7-11(12)14(15,16)17/h3-4,7,19H,5-6,8H2,1-2H3. The highest BCUT2D eigenvalue weighted by atomic mass is 19.4. The molecule has 0 fully saturated rings. The average Bonchev–Trinajstić information content (AvgIpc) is 2.37. The molecule has 0 aliphatic carbocycles. The van der Waals surface area contributed by atoms with E-state index < -0.39 is 23.8 Å². The third kappa shape index (κ3) is 4.42. The van der Waals surface area contributed by atoms with E-state index >= 15 is 0 Å². The van der Waals surface area contributed by atoms with Crippen LogP contribution < -0.4 is 4.74 Å². The molecule has 0 unspecified atom stereocenters. The lowest BCUT2D eigenvalue weighted by Crippen LogP contribution is -2.15. The van der Waals surface area contributed by atoms with Crippen LogP contribution in [0.5, 0.6) is 5.75 Å². The molecule has 1 rings (SSSR count). The lowest BCUT2D eigenvalue weighted by Gasteiger charge is -2.18. The zero-order valence-electron chi connectivity index (χ0n) is 11.3. The molecule has 1 N–H and O–H groups in total. The first-order chi connectivity index (χ1) is 9.19. The van der Waals surface area contributed by atoms with Gasteiger partial charge in [0.1, 0.15) is 5.75 Å². The summed E-state index contributed by atoms with van der Waals surface area (Å²) < 4.78 is 43.8. The van der Waals surface area contributed by atoms with Gasteiger partial charge < -0.3 is 9.84 Å². The van der Waals surface area contributed by atoms with Gasteiger partial charge in [0.25, 0.3) is 0 Å². The summed E-state index contributed by atoms with van der Waals surface area (Å²) in [6, 6.07) is 5.48. The van der Waals surface area contributed by atoms with Crippen molar-refractivity contribution in [3.63, 3.8) is 0 Å². The maximum atomic E-state index is 12.9. The van der Waals surface area contributed by atoms with Crippen LogP contribution in [0.1, 0.15) is 31.4 Å². The highest BCUT2D eigenvalue weighted by molar-refractivity contribution is 5.39. The number of aliphatic hydroxyl groups excluding tert-OH is 1. The van der Waals surface area contributed by atoms with Crippen molar-refractivity contribution in [1.82, 2.24) is 0 Å². The summed E-state index contributed by atoms with van der Waals surface area (Å²) in [5.74, 6) is -0.288. The molecule has 1 aromatic rings. The lowest BCUT2D eigenvalue weighted by molar-refractivity contribution is -0.139. The van der Waals surface area contributed by atoms with E-state index in [-0.39, 0.29) is 17.9 Å². The van der Waals surface area contributed by atoms with Crippen molar-refractivity contribution in [2.75, 3.05) is 6.61 Å². The molecular formula is C14H16F3NO2. The van der Waals surface area contributed by atoms with Crippen LogP contribution in [0, 0.1) is 16.7 Å². The molecule has 0 saturated heterocycles. The molecule has 110 valence electrons. The first-order valence-corrected chi connectivity index (χ1v) is 6.04. The second-order valence-corrected chi connectivity index (χ2v) is 5.08. The van der Waals surface area contributed by atoms with E-state index in [1.807, 2.05) is 0 Å². The molecule has 0 heterocycles. The van der Waals surface area contributed by atoms with Gasteiger partial charge >= 0.3 is 6.18 Å². The van der Waals surface area contributed by atoms with Crippen LogP contribution in [0.2, 0.25) is 0 Å². The number of alkyl halides is 3. The van der Waals surface area contributed by atoms with Crippen LogP contribution in [0.4, 0.5) is 13.2 Å². The Morgan fingerprint density at radius 1 is 1.30 bits per heavy atom. The Labute approximate surface area is 115 Å². The molecule has 0 spiro atoms. The molecule has 0 saturated carbocycles. The Morgan fingerprint density at radius 3 is 2.45 bits per heavy atom. The van der Waals surface area contributed by atoms with Crippen LogP contribution >= 0.6 is 0 Å². The van der Waals surface area contributed by atoms with Crippen LogP contribution in [0.25, 0.3) is 0 Å². The SMILES string of the molecule is CC(C)(C#N)CCOc1ccc(CO)cc1C(F)(F)F. The summed E-state index contributed by atoms with van der Waals surface area (Å²) in [6.45, 7) is 2.93. The zero-order valence-corrected chi connectivity index (χ0v) is 11.3. The fourth-order valence-electron chi connectivity index (χ4n) is 1.49. The second kappa shape index (κ2) is 6.14. The maximum Gasteiger partial charge on any atom is 0.419 e. The minimum Gasteiger partial charge on any atom is -0.493 e. The molecule has 1 aromatic carbocycles. The van der Waals surface area contributed by atoms with Gasteiger partial charge in [-0.1, -0.05) is 6.07 Å². The molecule has 3 nitrogen and oxygen atoms in total. The fourth-order valence-corrected chi connectivity index (χ4v) is 1.49. The number of ether oxygens (including phenoxy) is 1. The van der Waals surface area contributed by atoms with E-state index in [2.05, 4.69) is 6.07 Å². The number of rotatable bonds is 5. The Hall–Kier alpha value is -1.74. The van der Waals surface area contributed by atoms with E-state index in [9.17, 15) is 13.2 Å². The van der Waals surface area contributed by atoms with Gasteiger partial charge in [0.2, 0.25) is 0 Å². The highest BCUT2D eigenvalue weighted by Gasteiger charge is 2.34. The van der Waals surface area contributed by atoms with Gasteiger partial charge in [0.15, 0.2) is 0 Å². The van der Waals surface area contributed by atoms with Crippen molar-refractivity contribution in [2.24, 2.45) is 5.41 Å². The van der Waals surface area contributed by atoms with E-state index in [0.29, 0.717) is 6.42 Å². The monoisotopic (exact) mass is 287 g/mol. The van der Waals surface area contributed by atoms with Gasteiger partial charge in [0, 0.05) is 0 Å². The molecule has 0 amide bonds. The molecule has 0 aliphatic rings. The summed E-state index contributed by atoms with van der Waals surface area (Å²) in [5.41, 5.74) is -1.40. The van der Waals surface area contributed by atoms with Crippen molar-refractivity contribution in [2.45, 2.75) is 33.1 Å². The molecule has 0 bridgehead atoms. The third-order valence-corrected chi connectivity index (χ3v) is 2.82. The third-order valence-electron chi connectivity index (χ3n) is 2.82. The van der Waals surface area contributed by atoms with Crippen LogP contribution in [-0.2, 0) is 12.8 Å². The van der Waals surface area contributed by atoms with Gasteiger partial charge in [-0.15, -0.1) is 0 Å². The first-order valence-electron chi connectivity index (χ1n) is 6.04. The molecule has 0 aliphatic heterocycles. The van der Waals surface area contributed by atoms with Crippen molar-refractivity contribution in [3.05, 3.63) is 29.3 Å². The number of halogens is 3. The summed E-state index contributed by atoms with van der Waals surface area (Å²) >= 11 is 0. The molecule has 0 aromatic heterocycles. The Balaban J connectivity index is 2.88. The number of benzene rings is 1. The number of hydrogen-bond acceptors (Lipinski definition) is 3. The number of hydrogen-bond donors (Lipinski definition) is 1. The molecule has 6 heteroatoms. The van der Waals surface area contributed by atoms with Crippen molar-refractivity contribution in [3.8, 4) is 11.8 Å². The van der Waals surface area contributed by atoms with E-state index in [1.165, 1.54) is 12.1 Å². The summed E-state index contributed by atoms with van der Waals surface area (Å²) in [6.07, 6.45) is -4.23. The second-order valence-electron chi connectivity index (χ2n) is 5.08. The quantitative estimate of drug-likeness (QED) is 0.901. The number of nitriles is 1. The molecule has 0 atom stereocenters. The number of aliphatic hydroxyl groups is 1. The Morgan fingerprint density at radius 2 is 1.95 bits per heavy atom. The van der Waals surface area contributed by atoms with Crippen LogP contribution in [0.15, 0.2) is 18.2 Å². The molecule has 20 heavy (non-hydrogen) atoms. The van der Waals surface area contributed by atoms with Gasteiger partial charge in [0.05, 0.1) is 30.3 Å². The first kappa shape index (κ1) is 16.3. The fraction of sp³-hybridized carbons (Fsp3) is 0.500. The van der Waals surface area contributed by atoms with E-state index in [4.69, 9.17) is 15.1 Å². The largest absolute Gasteiger partial charge is 0.493 e. The average molecular weight is 287 g/mol. The number of nitrogens with zero attached hydrogens (tertiary/aromatic N) is 1. The minimum absolute atomic E-state index is 0.0160. The lowest BCUT2D eigenvalue weighted by atomic mass is 9.92. The van der Waals surface area contributed by atoms with Crippen LogP contribution in [0.3, 0.4) is 0 Å². The van der Waals surface area contributed by atoms with Crippen LogP contribution in [-0.4, -0.2) is 11.7 Å². The van der Waals surface area contributed by atoms with Crippen molar-refractivity contribution in [1.29, 1.82) is 5.26 Å². The van der Waals surface area contributed by atoms with Gasteiger partial charge in [-0.2, -0.15) is 18.4 Å². The smallest absolute Gasteiger partial charge is 0.419 e. The van der Waals surface area contributed by atoms with Gasteiger partial charge in [-0.3, -0.25) is 0 Å².